The van der Waals surface area contributed by atoms with Gasteiger partial charge >= 0.3 is 0 Å². The summed E-state index contributed by atoms with van der Waals surface area (Å²) in [6.07, 6.45) is 3.25. The Balaban J connectivity index is 1.87. The lowest BCUT2D eigenvalue weighted by atomic mass is 10.2. The van der Waals surface area contributed by atoms with Crippen LogP contribution in [0.3, 0.4) is 0 Å². The van der Waals surface area contributed by atoms with Gasteiger partial charge in [0, 0.05) is 11.3 Å². The predicted molar refractivity (Wildman–Crippen MR) is 76.9 cm³/mol. The van der Waals surface area contributed by atoms with E-state index in [0.717, 1.165) is 18.6 Å². The van der Waals surface area contributed by atoms with Gasteiger partial charge in [-0.1, -0.05) is 6.92 Å². The molecule has 0 radical (unpaired) electrons. The van der Waals surface area contributed by atoms with Crippen LogP contribution in [0.15, 0.2) is 12.1 Å². The van der Waals surface area contributed by atoms with Crippen LogP contribution in [0.25, 0.3) is 0 Å². The van der Waals surface area contributed by atoms with Gasteiger partial charge in [-0.05, 0) is 37.1 Å². The van der Waals surface area contributed by atoms with E-state index in [4.69, 9.17) is 5.84 Å². The molecule has 1 heterocycles. The molecule has 7 heteroatoms. The van der Waals surface area contributed by atoms with Crippen molar-refractivity contribution < 1.29 is 4.79 Å². The second-order valence-corrected chi connectivity index (χ2v) is 6.09. The van der Waals surface area contributed by atoms with Crippen LogP contribution in [-0.2, 0) is 0 Å². The number of hydrazine groups is 1. The van der Waals surface area contributed by atoms with E-state index in [1.165, 1.54) is 6.42 Å². The van der Waals surface area contributed by atoms with Crippen molar-refractivity contribution in [1.82, 2.24) is 15.5 Å². The maximum absolute atomic E-state index is 12.0. The molecule has 19 heavy (non-hydrogen) atoms. The molecule has 0 spiro atoms. The molecule has 4 N–H and O–H groups in total. The first kappa shape index (κ1) is 14.1. The molecule has 104 valence electrons. The Labute approximate surface area is 116 Å². The van der Waals surface area contributed by atoms with Crippen molar-refractivity contribution in [2.75, 3.05) is 11.2 Å². The number of amides is 1. The Bertz CT molecular complexity index is 425. The molecule has 0 saturated heterocycles. The lowest BCUT2D eigenvalue weighted by Gasteiger charge is -2.12. The Kier molecular flexibility index (Phi) is 4.98. The van der Waals surface area contributed by atoms with E-state index in [1.54, 1.807) is 12.1 Å². The minimum absolute atomic E-state index is 0.164. The van der Waals surface area contributed by atoms with Crippen molar-refractivity contribution in [3.8, 4) is 0 Å². The van der Waals surface area contributed by atoms with Crippen LogP contribution in [0.4, 0.5) is 5.82 Å². The number of thioether (sulfide) groups is 1. The van der Waals surface area contributed by atoms with E-state index < -0.39 is 0 Å². The average Bonchev–Trinajstić information content (AvgIpc) is 2.86. The van der Waals surface area contributed by atoms with Gasteiger partial charge in [0.05, 0.1) is 0 Å². The smallest absolute Gasteiger partial charge is 0.272 e. The monoisotopic (exact) mass is 281 g/mol. The fourth-order valence-electron chi connectivity index (χ4n) is 2.25. The number of aromatic nitrogens is 2. The molecular weight excluding hydrogens is 262 g/mol. The molecular formula is C12H19N5OS. The van der Waals surface area contributed by atoms with Gasteiger partial charge in [0.15, 0.2) is 11.5 Å². The Morgan fingerprint density at radius 2 is 2.32 bits per heavy atom. The van der Waals surface area contributed by atoms with Crippen molar-refractivity contribution in [2.24, 2.45) is 5.84 Å². The standard InChI is InChI=1S/C12H19N5OS/c1-2-19-9-4-3-8(7-9)14-12(18)10-5-6-11(15-13)17-16-10/h5-6,8-9H,2-4,7,13H2,1H3,(H,14,18)(H,15,17). The number of hydrogen-bond donors (Lipinski definition) is 3. The van der Waals surface area contributed by atoms with Gasteiger partial charge in [0.1, 0.15) is 0 Å². The van der Waals surface area contributed by atoms with E-state index >= 15 is 0 Å². The van der Waals surface area contributed by atoms with Gasteiger partial charge in [-0.25, -0.2) is 5.84 Å². The third-order valence-corrected chi connectivity index (χ3v) is 4.40. The highest BCUT2D eigenvalue weighted by atomic mass is 32.2. The van der Waals surface area contributed by atoms with Gasteiger partial charge in [-0.2, -0.15) is 11.8 Å². The van der Waals surface area contributed by atoms with Crippen LogP contribution in [0, 0.1) is 0 Å². The summed E-state index contributed by atoms with van der Waals surface area (Å²) >= 11 is 1.97. The van der Waals surface area contributed by atoms with Gasteiger partial charge in [0.25, 0.3) is 5.91 Å². The SMILES string of the molecule is CCSC1CCC(NC(=O)c2ccc(NN)nn2)C1. The maximum atomic E-state index is 12.0. The molecule has 1 saturated carbocycles. The summed E-state index contributed by atoms with van der Waals surface area (Å²) in [7, 11) is 0. The van der Waals surface area contributed by atoms with Gasteiger partial charge < -0.3 is 10.7 Å². The van der Waals surface area contributed by atoms with Crippen LogP contribution in [0.2, 0.25) is 0 Å². The molecule has 1 aromatic rings. The fraction of sp³-hybridized carbons (Fsp3) is 0.583. The molecule has 2 unspecified atom stereocenters. The molecule has 0 bridgehead atoms. The number of hydrogen-bond acceptors (Lipinski definition) is 6. The number of nitrogen functional groups attached to an aromatic ring is 1. The highest BCUT2D eigenvalue weighted by molar-refractivity contribution is 7.99. The van der Waals surface area contributed by atoms with Gasteiger partial charge in [0.2, 0.25) is 0 Å². The molecule has 1 fully saturated rings. The number of rotatable bonds is 5. The normalized spacial score (nSPS) is 22.2. The first-order valence-corrected chi connectivity index (χ1v) is 7.50. The van der Waals surface area contributed by atoms with Crippen molar-refractivity contribution in [3.05, 3.63) is 17.8 Å². The largest absolute Gasteiger partial charge is 0.348 e. The van der Waals surface area contributed by atoms with Crippen molar-refractivity contribution in [2.45, 2.75) is 37.5 Å². The Morgan fingerprint density at radius 1 is 1.47 bits per heavy atom. The number of carbonyl (C=O) groups is 1. The van der Waals surface area contributed by atoms with Crippen LogP contribution >= 0.6 is 11.8 Å². The Hall–Kier alpha value is -1.34. The van der Waals surface area contributed by atoms with E-state index in [1.807, 2.05) is 11.8 Å². The maximum Gasteiger partial charge on any atom is 0.272 e. The number of nitrogens with one attached hydrogen (secondary N) is 2. The molecule has 0 aliphatic heterocycles. The third-order valence-electron chi connectivity index (χ3n) is 3.17. The van der Waals surface area contributed by atoms with Gasteiger partial charge in [-0.15, -0.1) is 10.2 Å². The summed E-state index contributed by atoms with van der Waals surface area (Å²) < 4.78 is 0. The van der Waals surface area contributed by atoms with Crippen molar-refractivity contribution in [3.63, 3.8) is 0 Å². The lowest BCUT2D eigenvalue weighted by Crippen LogP contribution is -2.33. The molecule has 1 aromatic heterocycles. The summed E-state index contributed by atoms with van der Waals surface area (Å²) in [6, 6.07) is 3.50. The van der Waals surface area contributed by atoms with Crippen LogP contribution in [0.5, 0.6) is 0 Å². The summed E-state index contributed by atoms with van der Waals surface area (Å²) in [5.74, 6) is 6.60. The molecule has 6 nitrogen and oxygen atoms in total. The molecule has 2 rings (SSSR count). The molecule has 1 aliphatic carbocycles. The van der Waals surface area contributed by atoms with Crippen molar-refractivity contribution in [1.29, 1.82) is 0 Å². The average molecular weight is 281 g/mol. The number of anilines is 1. The van der Waals surface area contributed by atoms with Crippen molar-refractivity contribution >= 4 is 23.5 Å². The van der Waals surface area contributed by atoms with E-state index in [0.29, 0.717) is 16.8 Å². The second-order valence-electron chi connectivity index (χ2n) is 4.51. The lowest BCUT2D eigenvalue weighted by molar-refractivity contribution is 0.0932. The predicted octanol–water partition coefficient (Wildman–Crippen LogP) is 1.17. The number of nitrogens with two attached hydrogens (primary N) is 1. The summed E-state index contributed by atoms with van der Waals surface area (Å²) in [5.41, 5.74) is 2.70. The van der Waals surface area contributed by atoms with Gasteiger partial charge in [-0.3, -0.25) is 4.79 Å². The number of nitrogens with zero attached hydrogens (tertiary/aromatic N) is 2. The highest BCUT2D eigenvalue weighted by Crippen LogP contribution is 2.29. The molecule has 0 aromatic carbocycles. The zero-order valence-corrected chi connectivity index (χ0v) is 11.7. The molecule has 2 atom stereocenters. The summed E-state index contributed by atoms with van der Waals surface area (Å²) in [5, 5.41) is 11.3. The quantitative estimate of drug-likeness (QED) is 0.554. The minimum Gasteiger partial charge on any atom is -0.348 e. The first-order chi connectivity index (χ1) is 9.22. The van der Waals surface area contributed by atoms with Crippen LogP contribution in [0.1, 0.15) is 36.7 Å². The second kappa shape index (κ2) is 6.72. The summed E-state index contributed by atoms with van der Waals surface area (Å²) in [4.78, 5) is 12.0. The van der Waals surface area contributed by atoms with E-state index in [9.17, 15) is 4.79 Å². The zero-order chi connectivity index (χ0) is 13.7. The first-order valence-electron chi connectivity index (χ1n) is 6.45. The van der Waals surface area contributed by atoms with Crippen LogP contribution < -0.4 is 16.6 Å². The third kappa shape index (κ3) is 3.81. The number of carbonyl (C=O) groups excluding carboxylic acids is 1. The fourth-order valence-corrected chi connectivity index (χ4v) is 3.39. The molecule has 1 amide bonds. The topological polar surface area (TPSA) is 92.9 Å². The minimum atomic E-state index is -0.164. The van der Waals surface area contributed by atoms with E-state index in [2.05, 4.69) is 27.9 Å². The molecule has 1 aliphatic rings. The summed E-state index contributed by atoms with van der Waals surface area (Å²) in [6.45, 7) is 2.17. The highest BCUT2D eigenvalue weighted by Gasteiger charge is 2.26. The van der Waals surface area contributed by atoms with Crippen LogP contribution in [-0.4, -0.2) is 33.1 Å². The Morgan fingerprint density at radius 3 is 2.95 bits per heavy atom. The zero-order valence-electron chi connectivity index (χ0n) is 10.9. The van der Waals surface area contributed by atoms with E-state index in [-0.39, 0.29) is 11.9 Å².